The molecule has 2 amide bonds. The highest BCUT2D eigenvalue weighted by Gasteiger charge is 2.22. The minimum absolute atomic E-state index is 0.0631. The quantitative estimate of drug-likeness (QED) is 0.424. The molecule has 158 valence electrons. The van der Waals surface area contributed by atoms with Crippen LogP contribution in [0, 0.1) is 0 Å². The lowest BCUT2D eigenvalue weighted by molar-refractivity contribution is -0.121. The van der Waals surface area contributed by atoms with Crippen LogP contribution in [0.5, 0.6) is 5.75 Å². The smallest absolute Gasteiger partial charge is 0.252 e. The average molecular weight is 415 g/mol. The largest absolute Gasteiger partial charge is 0.497 e. The summed E-state index contributed by atoms with van der Waals surface area (Å²) in [5, 5.41) is 6.94. The zero-order valence-electron chi connectivity index (χ0n) is 17.5. The van der Waals surface area contributed by atoms with E-state index in [1.54, 1.807) is 38.3 Å². The third-order valence-corrected chi connectivity index (χ3v) is 4.68. The van der Waals surface area contributed by atoms with Gasteiger partial charge < -0.3 is 10.1 Å². The number of amides is 2. The minimum Gasteiger partial charge on any atom is -0.497 e. The molecule has 6 heteroatoms. The van der Waals surface area contributed by atoms with Gasteiger partial charge >= 0.3 is 0 Å². The van der Waals surface area contributed by atoms with Crippen molar-refractivity contribution in [3.8, 4) is 5.75 Å². The summed E-state index contributed by atoms with van der Waals surface area (Å²) in [6, 6.07) is 26.1. The van der Waals surface area contributed by atoms with E-state index in [4.69, 9.17) is 4.74 Å². The van der Waals surface area contributed by atoms with Crippen molar-refractivity contribution in [1.82, 2.24) is 5.43 Å². The van der Waals surface area contributed by atoms with Gasteiger partial charge in [-0.15, -0.1) is 0 Å². The Hall–Kier alpha value is -3.93. The number of carbonyl (C=O) groups is 2. The molecule has 31 heavy (non-hydrogen) atoms. The van der Waals surface area contributed by atoms with Crippen LogP contribution in [0.4, 0.5) is 5.69 Å². The molecule has 0 heterocycles. The van der Waals surface area contributed by atoms with Gasteiger partial charge in [-0.25, -0.2) is 5.43 Å². The Kier molecular flexibility index (Phi) is 7.54. The second kappa shape index (κ2) is 10.7. The molecule has 3 aromatic carbocycles. The van der Waals surface area contributed by atoms with Gasteiger partial charge in [0.1, 0.15) is 5.75 Å². The lowest BCUT2D eigenvalue weighted by Gasteiger charge is -2.16. The first-order valence-electron chi connectivity index (χ1n) is 9.93. The van der Waals surface area contributed by atoms with E-state index >= 15 is 0 Å². The maximum absolute atomic E-state index is 13.0. The van der Waals surface area contributed by atoms with Gasteiger partial charge in [0.05, 0.1) is 19.4 Å². The number of hydrogen-bond acceptors (Lipinski definition) is 4. The maximum atomic E-state index is 13.0. The molecule has 0 fully saturated rings. The Bertz CT molecular complexity index is 993. The van der Waals surface area contributed by atoms with Crippen LogP contribution in [0.2, 0.25) is 0 Å². The zero-order valence-corrected chi connectivity index (χ0v) is 17.5. The molecule has 0 saturated heterocycles. The van der Waals surface area contributed by atoms with Gasteiger partial charge in [-0.1, -0.05) is 60.7 Å². The average Bonchev–Trinajstić information content (AvgIpc) is 2.80. The van der Waals surface area contributed by atoms with Crippen LogP contribution in [0.1, 0.15) is 30.4 Å². The first kappa shape index (κ1) is 21.8. The molecule has 0 aliphatic rings. The molecule has 3 rings (SSSR count). The molecule has 3 aromatic rings. The summed E-state index contributed by atoms with van der Waals surface area (Å²) in [6.45, 7) is 1.70. The van der Waals surface area contributed by atoms with E-state index in [2.05, 4.69) is 15.8 Å². The van der Waals surface area contributed by atoms with Crippen molar-refractivity contribution < 1.29 is 14.3 Å². The number of hydrogen-bond donors (Lipinski definition) is 2. The molecule has 0 bridgehead atoms. The monoisotopic (exact) mass is 415 g/mol. The molecule has 0 unspecified atom stereocenters. The Morgan fingerprint density at radius 3 is 1.94 bits per heavy atom. The van der Waals surface area contributed by atoms with E-state index < -0.39 is 5.92 Å². The van der Waals surface area contributed by atoms with Gasteiger partial charge in [-0.3, -0.25) is 9.59 Å². The Balaban J connectivity index is 1.64. The van der Waals surface area contributed by atoms with Crippen LogP contribution >= 0.6 is 0 Å². The van der Waals surface area contributed by atoms with Gasteiger partial charge in [0.2, 0.25) is 5.91 Å². The number of rotatable bonds is 8. The number of carbonyl (C=O) groups excluding carboxylic acids is 2. The summed E-state index contributed by atoms with van der Waals surface area (Å²) in [7, 11) is 1.59. The summed E-state index contributed by atoms with van der Waals surface area (Å²) >= 11 is 0. The highest BCUT2D eigenvalue weighted by Crippen LogP contribution is 2.24. The SMILES string of the molecule is COc1ccc(NC(=O)CC(C)=NNC(=O)C(c2ccccc2)c2ccccc2)cc1. The number of methoxy groups -OCH3 is 1. The van der Waals surface area contributed by atoms with E-state index in [0.29, 0.717) is 17.1 Å². The van der Waals surface area contributed by atoms with Crippen molar-refractivity contribution in [3.05, 3.63) is 96.1 Å². The van der Waals surface area contributed by atoms with Gasteiger partial charge in [-0.05, 0) is 42.3 Å². The Morgan fingerprint density at radius 2 is 1.42 bits per heavy atom. The molecule has 0 aromatic heterocycles. The lowest BCUT2D eigenvalue weighted by Crippen LogP contribution is -2.27. The summed E-state index contributed by atoms with van der Waals surface area (Å²) in [5.74, 6) is -0.257. The minimum atomic E-state index is -0.493. The predicted octanol–water partition coefficient (Wildman–Crippen LogP) is 4.35. The summed E-state index contributed by atoms with van der Waals surface area (Å²) in [5.41, 5.74) is 5.52. The third-order valence-electron chi connectivity index (χ3n) is 4.68. The fourth-order valence-electron chi connectivity index (χ4n) is 3.15. The highest BCUT2D eigenvalue weighted by atomic mass is 16.5. The first-order chi connectivity index (χ1) is 15.1. The second-order valence-corrected chi connectivity index (χ2v) is 7.03. The molecular formula is C25H25N3O3. The van der Waals surface area contributed by atoms with Crippen molar-refractivity contribution in [1.29, 1.82) is 0 Å². The normalized spacial score (nSPS) is 11.1. The van der Waals surface area contributed by atoms with Crippen LogP contribution in [-0.4, -0.2) is 24.6 Å². The molecule has 0 aliphatic heterocycles. The molecule has 0 aliphatic carbocycles. The number of benzene rings is 3. The predicted molar refractivity (Wildman–Crippen MR) is 122 cm³/mol. The van der Waals surface area contributed by atoms with Crippen molar-refractivity contribution >= 4 is 23.2 Å². The standard InChI is InChI=1S/C25H25N3O3/c1-18(17-23(29)26-21-13-15-22(31-2)16-14-21)27-28-25(30)24(19-9-5-3-6-10-19)20-11-7-4-8-12-20/h3-16,24H,17H2,1-2H3,(H,26,29)(H,28,30). The van der Waals surface area contributed by atoms with Gasteiger partial charge in [0.15, 0.2) is 0 Å². The molecular weight excluding hydrogens is 390 g/mol. The number of hydrazone groups is 1. The molecule has 0 saturated carbocycles. The topological polar surface area (TPSA) is 79.8 Å². The summed E-state index contributed by atoms with van der Waals surface area (Å²) < 4.78 is 5.10. The summed E-state index contributed by atoms with van der Waals surface area (Å²) in [6.07, 6.45) is 0.0631. The van der Waals surface area contributed by atoms with E-state index in [1.807, 2.05) is 60.7 Å². The van der Waals surface area contributed by atoms with E-state index in [0.717, 1.165) is 11.1 Å². The Labute approximate surface area is 182 Å². The maximum Gasteiger partial charge on any atom is 0.252 e. The second-order valence-electron chi connectivity index (χ2n) is 7.03. The van der Waals surface area contributed by atoms with Crippen molar-refractivity contribution in [2.24, 2.45) is 5.10 Å². The van der Waals surface area contributed by atoms with Crippen LogP contribution in [0.15, 0.2) is 90.0 Å². The van der Waals surface area contributed by atoms with Gasteiger partial charge in [0.25, 0.3) is 5.91 Å². The number of anilines is 1. The van der Waals surface area contributed by atoms with E-state index in [9.17, 15) is 9.59 Å². The van der Waals surface area contributed by atoms with E-state index in [-0.39, 0.29) is 18.2 Å². The summed E-state index contributed by atoms with van der Waals surface area (Å²) in [4.78, 5) is 25.2. The Morgan fingerprint density at radius 1 is 0.871 bits per heavy atom. The van der Waals surface area contributed by atoms with Crippen molar-refractivity contribution in [3.63, 3.8) is 0 Å². The van der Waals surface area contributed by atoms with E-state index in [1.165, 1.54) is 0 Å². The van der Waals surface area contributed by atoms with Gasteiger partial charge in [0, 0.05) is 11.4 Å². The number of nitrogens with zero attached hydrogens (tertiary/aromatic N) is 1. The van der Waals surface area contributed by atoms with Crippen LogP contribution in [0.3, 0.4) is 0 Å². The third kappa shape index (κ3) is 6.27. The first-order valence-corrected chi connectivity index (χ1v) is 9.93. The molecule has 0 atom stereocenters. The molecule has 0 radical (unpaired) electrons. The highest BCUT2D eigenvalue weighted by molar-refractivity contribution is 6.05. The van der Waals surface area contributed by atoms with Crippen molar-refractivity contribution in [2.75, 3.05) is 12.4 Å². The zero-order chi connectivity index (χ0) is 22.1. The molecule has 0 spiro atoms. The van der Waals surface area contributed by atoms with Crippen molar-refractivity contribution in [2.45, 2.75) is 19.3 Å². The fourth-order valence-corrected chi connectivity index (χ4v) is 3.15. The molecule has 2 N–H and O–H groups in total. The fraction of sp³-hybridized carbons (Fsp3) is 0.160. The van der Waals surface area contributed by atoms with Crippen LogP contribution in [-0.2, 0) is 9.59 Å². The number of ether oxygens (including phenoxy) is 1. The van der Waals surface area contributed by atoms with Crippen LogP contribution in [0.25, 0.3) is 0 Å². The lowest BCUT2D eigenvalue weighted by atomic mass is 9.91. The van der Waals surface area contributed by atoms with Gasteiger partial charge in [-0.2, -0.15) is 5.10 Å². The number of nitrogens with one attached hydrogen (secondary N) is 2. The van der Waals surface area contributed by atoms with Crippen LogP contribution < -0.4 is 15.5 Å². The molecule has 6 nitrogen and oxygen atoms in total.